The quantitative estimate of drug-likeness (QED) is 0.837. The van der Waals surface area contributed by atoms with E-state index in [1.54, 1.807) is 9.36 Å². The minimum absolute atomic E-state index is 0.0559. The Bertz CT molecular complexity index is 910. The van der Waals surface area contributed by atoms with Crippen LogP contribution in [0.3, 0.4) is 0 Å². The third kappa shape index (κ3) is 2.32. The summed E-state index contributed by atoms with van der Waals surface area (Å²) >= 11 is 0. The molecule has 2 aromatic rings. The van der Waals surface area contributed by atoms with Crippen LogP contribution in [0.5, 0.6) is 0 Å². The molecular weight excluding hydrogens is 318 g/mol. The van der Waals surface area contributed by atoms with Gasteiger partial charge in [0.1, 0.15) is 5.69 Å². The van der Waals surface area contributed by atoms with Crippen LogP contribution in [0.1, 0.15) is 12.1 Å². The Morgan fingerprint density at radius 1 is 1.20 bits per heavy atom. The summed E-state index contributed by atoms with van der Waals surface area (Å²) in [4.78, 5) is 24.7. The van der Waals surface area contributed by atoms with E-state index < -0.39 is 11.9 Å². The zero-order chi connectivity index (χ0) is 17.7. The number of aromatic nitrogens is 2. The smallest absolute Gasteiger partial charge is 0.309 e. The number of hydrogen-bond donors (Lipinski definition) is 2. The van der Waals surface area contributed by atoms with Crippen LogP contribution in [0.15, 0.2) is 47.3 Å². The average Bonchev–Trinajstić information content (AvgIpc) is 3.25. The molecule has 1 heterocycles. The molecule has 4 atom stereocenters. The first-order valence-electron chi connectivity index (χ1n) is 8.50. The van der Waals surface area contributed by atoms with E-state index in [4.69, 9.17) is 0 Å². The van der Waals surface area contributed by atoms with Gasteiger partial charge in [0.25, 0.3) is 5.56 Å². The van der Waals surface area contributed by atoms with Crippen LogP contribution in [0, 0.1) is 24.7 Å². The Kier molecular flexibility index (Phi) is 3.56. The van der Waals surface area contributed by atoms with Crippen molar-refractivity contribution >= 4 is 11.7 Å². The molecular formula is C19H21N3O3. The Morgan fingerprint density at radius 2 is 1.88 bits per heavy atom. The highest BCUT2D eigenvalue weighted by Crippen LogP contribution is 2.45. The summed E-state index contributed by atoms with van der Waals surface area (Å²) in [5.41, 5.74) is 1.92. The van der Waals surface area contributed by atoms with E-state index in [2.05, 4.69) is 11.4 Å². The first-order chi connectivity index (χ1) is 12.0. The van der Waals surface area contributed by atoms with Gasteiger partial charge >= 0.3 is 5.97 Å². The first kappa shape index (κ1) is 15.7. The Balaban J connectivity index is 1.74. The van der Waals surface area contributed by atoms with Crippen LogP contribution in [-0.4, -0.2) is 26.5 Å². The SMILES string of the molecule is Cc1c(N[C@H]2[C@@H](C(=O)O)[C@H]3C=C[C@@H]2C3)c(=O)n(-c2ccccc2)n1C. The predicted molar refractivity (Wildman–Crippen MR) is 95.0 cm³/mol. The summed E-state index contributed by atoms with van der Waals surface area (Å²) in [6.45, 7) is 1.88. The Hall–Kier alpha value is -2.76. The lowest BCUT2D eigenvalue weighted by Gasteiger charge is -2.26. The number of aliphatic carboxylic acids is 1. The van der Waals surface area contributed by atoms with Gasteiger partial charge in [-0.25, -0.2) is 4.68 Å². The predicted octanol–water partition coefficient (Wildman–Crippen LogP) is 2.17. The van der Waals surface area contributed by atoms with Crippen molar-refractivity contribution in [3.8, 4) is 5.69 Å². The van der Waals surface area contributed by atoms with Crippen LogP contribution in [0.4, 0.5) is 5.69 Å². The second kappa shape index (κ2) is 5.65. The van der Waals surface area contributed by atoms with E-state index in [1.165, 1.54) is 0 Å². The Labute approximate surface area is 145 Å². The molecule has 4 rings (SSSR count). The summed E-state index contributed by atoms with van der Waals surface area (Å²) in [6, 6.07) is 9.19. The normalized spacial score (nSPS) is 27.0. The van der Waals surface area contributed by atoms with Crippen molar-refractivity contribution in [3.63, 3.8) is 0 Å². The lowest BCUT2D eigenvalue weighted by molar-refractivity contribution is -0.142. The van der Waals surface area contributed by atoms with Crippen LogP contribution in [0.2, 0.25) is 0 Å². The number of benzene rings is 1. The number of para-hydroxylation sites is 1. The van der Waals surface area contributed by atoms with E-state index in [9.17, 15) is 14.7 Å². The minimum Gasteiger partial charge on any atom is -0.481 e. The van der Waals surface area contributed by atoms with Crippen molar-refractivity contribution in [2.24, 2.45) is 24.8 Å². The number of carbonyl (C=O) groups is 1. The van der Waals surface area contributed by atoms with Gasteiger partial charge in [0.05, 0.1) is 17.3 Å². The zero-order valence-corrected chi connectivity index (χ0v) is 14.2. The van der Waals surface area contributed by atoms with Gasteiger partial charge in [-0.1, -0.05) is 30.4 Å². The van der Waals surface area contributed by atoms with Crippen molar-refractivity contribution in [2.45, 2.75) is 19.4 Å². The summed E-state index contributed by atoms with van der Waals surface area (Å²) in [6.07, 6.45) is 4.92. The van der Waals surface area contributed by atoms with Crippen molar-refractivity contribution in [2.75, 3.05) is 5.32 Å². The molecule has 0 radical (unpaired) electrons. The molecule has 0 saturated heterocycles. The third-order valence-electron chi connectivity index (χ3n) is 5.61. The van der Waals surface area contributed by atoms with Crippen LogP contribution in [0.25, 0.3) is 5.69 Å². The highest BCUT2D eigenvalue weighted by molar-refractivity contribution is 5.74. The fraction of sp³-hybridized carbons (Fsp3) is 0.368. The number of hydrogen-bond acceptors (Lipinski definition) is 3. The van der Waals surface area contributed by atoms with Crippen LogP contribution >= 0.6 is 0 Å². The van der Waals surface area contributed by atoms with E-state index >= 15 is 0 Å². The van der Waals surface area contributed by atoms with Crippen LogP contribution in [-0.2, 0) is 11.8 Å². The summed E-state index contributed by atoms with van der Waals surface area (Å²) in [5.74, 6) is -1.07. The van der Waals surface area contributed by atoms with E-state index in [-0.39, 0.29) is 23.4 Å². The average molecular weight is 339 g/mol. The van der Waals surface area contributed by atoms with Crippen LogP contribution < -0.4 is 10.9 Å². The molecule has 6 heteroatoms. The molecule has 25 heavy (non-hydrogen) atoms. The second-order valence-corrected chi connectivity index (χ2v) is 6.92. The number of rotatable bonds is 4. The number of anilines is 1. The topological polar surface area (TPSA) is 76.3 Å². The molecule has 0 unspecified atom stereocenters. The van der Waals surface area contributed by atoms with Gasteiger partial charge in [-0.2, -0.15) is 0 Å². The van der Waals surface area contributed by atoms with Gasteiger partial charge in [0.2, 0.25) is 0 Å². The van der Waals surface area contributed by atoms with Gasteiger partial charge in [0, 0.05) is 13.1 Å². The van der Waals surface area contributed by atoms with Crippen molar-refractivity contribution < 1.29 is 9.90 Å². The maximum absolute atomic E-state index is 13.0. The number of carboxylic acid groups (broad SMARTS) is 1. The number of nitrogens with one attached hydrogen (secondary N) is 1. The van der Waals surface area contributed by atoms with Gasteiger partial charge in [0.15, 0.2) is 0 Å². The minimum atomic E-state index is -0.800. The second-order valence-electron chi connectivity index (χ2n) is 6.92. The molecule has 0 spiro atoms. The highest BCUT2D eigenvalue weighted by atomic mass is 16.4. The number of carboxylic acids is 1. The van der Waals surface area contributed by atoms with Gasteiger partial charge in [-0.15, -0.1) is 0 Å². The van der Waals surface area contributed by atoms with Crippen molar-refractivity contribution in [1.29, 1.82) is 0 Å². The molecule has 2 aliphatic carbocycles. The first-order valence-corrected chi connectivity index (χ1v) is 8.50. The van der Waals surface area contributed by atoms with Crippen molar-refractivity contribution in [3.05, 3.63) is 58.5 Å². The molecule has 6 nitrogen and oxygen atoms in total. The molecule has 130 valence electrons. The molecule has 1 fully saturated rings. The summed E-state index contributed by atoms with van der Waals surface area (Å²) in [5, 5.41) is 12.9. The van der Waals surface area contributed by atoms with E-state index in [1.807, 2.05) is 50.4 Å². The number of nitrogens with zero attached hydrogens (tertiary/aromatic N) is 2. The lowest BCUT2D eigenvalue weighted by Crippen LogP contribution is -2.39. The van der Waals surface area contributed by atoms with Crippen molar-refractivity contribution in [1.82, 2.24) is 9.36 Å². The standard InChI is InChI=1S/C19H21N3O3/c1-11-16(18(23)22(21(11)2)14-6-4-3-5-7-14)20-17-13-9-8-12(10-13)15(17)19(24)25/h3-9,12-13,15,17,20H,10H2,1-2H3,(H,24,25)/t12-,13+,15-,17+/m0/s1. The molecule has 0 aliphatic heterocycles. The monoisotopic (exact) mass is 339 g/mol. The zero-order valence-electron chi connectivity index (χ0n) is 14.2. The number of fused-ring (bicyclic) bond motifs is 2. The maximum atomic E-state index is 13.0. The summed E-state index contributed by atoms with van der Waals surface area (Å²) < 4.78 is 3.41. The maximum Gasteiger partial charge on any atom is 0.309 e. The molecule has 0 amide bonds. The third-order valence-corrected chi connectivity index (χ3v) is 5.61. The largest absolute Gasteiger partial charge is 0.481 e. The van der Waals surface area contributed by atoms with Gasteiger partial charge < -0.3 is 10.4 Å². The fourth-order valence-corrected chi connectivity index (χ4v) is 4.26. The molecule has 1 aromatic carbocycles. The molecule has 2 aliphatic rings. The van der Waals surface area contributed by atoms with E-state index in [0.29, 0.717) is 5.69 Å². The van der Waals surface area contributed by atoms with Gasteiger partial charge in [-0.05, 0) is 37.3 Å². The molecule has 2 bridgehead atoms. The number of allylic oxidation sites excluding steroid dienone is 1. The lowest BCUT2D eigenvalue weighted by atomic mass is 9.89. The molecule has 1 saturated carbocycles. The molecule has 2 N–H and O–H groups in total. The molecule has 1 aromatic heterocycles. The highest BCUT2D eigenvalue weighted by Gasteiger charge is 2.48. The van der Waals surface area contributed by atoms with E-state index in [0.717, 1.165) is 17.8 Å². The van der Waals surface area contributed by atoms with Gasteiger partial charge in [-0.3, -0.25) is 14.3 Å². The summed E-state index contributed by atoms with van der Waals surface area (Å²) in [7, 11) is 1.84. The fourth-order valence-electron chi connectivity index (χ4n) is 4.26. The Morgan fingerprint density at radius 3 is 2.56 bits per heavy atom.